The first-order valence-electron chi connectivity index (χ1n) is 19.8. The van der Waals surface area contributed by atoms with Crippen molar-refractivity contribution >= 4 is 116 Å². The van der Waals surface area contributed by atoms with Crippen molar-refractivity contribution < 1.29 is 38.2 Å². The minimum atomic E-state index is -1.66. The predicted octanol–water partition coefficient (Wildman–Crippen LogP) is 11.5. The zero-order chi connectivity index (χ0) is 48.2. The van der Waals surface area contributed by atoms with E-state index in [4.69, 9.17) is 55.9 Å². The Kier molecular flexibility index (Phi) is 17.5. The Hall–Kier alpha value is -6.72. The highest BCUT2D eigenvalue weighted by atomic mass is 35.5. The molecule has 0 aliphatic rings. The molecular weight excluding hydrogens is 934 g/mol. The number of Topliss-reactive ketones (excluding diaryl/α,β-unsaturated/α-hetero) is 2. The van der Waals surface area contributed by atoms with E-state index in [1.807, 2.05) is 0 Å². The topological polar surface area (TPSA) is 218 Å². The van der Waals surface area contributed by atoms with Crippen LogP contribution in [0.25, 0.3) is 0 Å². The van der Waals surface area contributed by atoms with E-state index >= 15 is 0 Å². The number of para-hydroxylation sites is 2. The molecule has 5 rings (SSSR count). The van der Waals surface area contributed by atoms with Gasteiger partial charge in [0.25, 0.3) is 23.6 Å². The van der Waals surface area contributed by atoms with E-state index in [1.165, 1.54) is 62.8 Å². The van der Waals surface area contributed by atoms with E-state index < -0.39 is 47.3 Å². The third-order valence-electron chi connectivity index (χ3n) is 9.55. The molecule has 5 aromatic rings. The molecule has 20 heteroatoms. The maximum atomic E-state index is 13.5. The number of hydrogen-bond donors (Lipinski definition) is 4. The maximum Gasteiger partial charge on any atom is 0.258 e. The fourth-order valence-corrected chi connectivity index (χ4v) is 6.96. The molecule has 5 aromatic carbocycles. The predicted molar refractivity (Wildman–Crippen MR) is 255 cm³/mol. The Morgan fingerprint density at radius 2 is 0.879 bits per heavy atom. The molecule has 4 N–H and O–H groups in total. The number of alkyl halides is 2. The highest BCUT2D eigenvalue weighted by Crippen LogP contribution is 2.37. The standard InChI is InChI=1S/C46H42Cl4N8O8/c1-23(47)29-11-7-9-13-35(29)51-43(61)31-19-27(15-17-33(31)49)55-57-41(25(3)59)45(63)53-37-21-40(66-6)38(22-39(37)65-5)54-46(64)42(26(4)60)58-56-28-16-18-34(50)32(20-28)44(62)52-36-14-10-8-12-30(36)24(2)48/h7-24,41-42H,1-6H3,(H,51,61)(H,52,62)(H,53,63)(H,54,64). The van der Waals surface area contributed by atoms with Gasteiger partial charge in [0.1, 0.15) is 11.5 Å². The van der Waals surface area contributed by atoms with Gasteiger partial charge in [-0.3, -0.25) is 28.8 Å². The molecule has 0 spiro atoms. The van der Waals surface area contributed by atoms with Crippen LogP contribution in [0.1, 0.15) is 70.3 Å². The fourth-order valence-electron chi connectivity index (χ4n) is 6.17. The van der Waals surface area contributed by atoms with E-state index in [2.05, 4.69) is 41.7 Å². The van der Waals surface area contributed by atoms with Crippen molar-refractivity contribution in [1.29, 1.82) is 0 Å². The molecule has 66 heavy (non-hydrogen) atoms. The number of ketones is 2. The average molecular weight is 977 g/mol. The summed E-state index contributed by atoms with van der Waals surface area (Å²) in [5.74, 6) is -4.25. The summed E-state index contributed by atoms with van der Waals surface area (Å²) in [4.78, 5) is 79.0. The number of nitrogens with zero attached hydrogens (tertiary/aromatic N) is 4. The fraction of sp³-hybridized carbons (Fsp3) is 0.217. The molecule has 342 valence electrons. The number of nitrogens with one attached hydrogen (secondary N) is 4. The lowest BCUT2D eigenvalue weighted by molar-refractivity contribution is -0.127. The van der Waals surface area contributed by atoms with Crippen molar-refractivity contribution in [3.8, 4) is 11.5 Å². The number of rotatable bonds is 18. The van der Waals surface area contributed by atoms with Crippen LogP contribution in [-0.4, -0.2) is 61.5 Å². The lowest BCUT2D eigenvalue weighted by Gasteiger charge is -2.18. The largest absolute Gasteiger partial charge is 0.494 e. The van der Waals surface area contributed by atoms with Gasteiger partial charge in [-0.2, -0.15) is 20.5 Å². The second-order valence-corrected chi connectivity index (χ2v) is 16.5. The average Bonchev–Trinajstić information content (AvgIpc) is 3.27. The van der Waals surface area contributed by atoms with Crippen LogP contribution >= 0.6 is 46.4 Å². The van der Waals surface area contributed by atoms with Crippen molar-refractivity contribution in [3.63, 3.8) is 0 Å². The summed E-state index contributed by atoms with van der Waals surface area (Å²) in [5, 5.41) is 26.2. The van der Waals surface area contributed by atoms with Crippen molar-refractivity contribution in [2.45, 2.75) is 50.5 Å². The molecule has 0 bridgehead atoms. The van der Waals surface area contributed by atoms with Crippen LogP contribution in [0.4, 0.5) is 34.1 Å². The van der Waals surface area contributed by atoms with Crippen molar-refractivity contribution in [2.24, 2.45) is 20.5 Å². The van der Waals surface area contributed by atoms with Gasteiger partial charge in [0, 0.05) is 23.5 Å². The SMILES string of the molecule is COc1cc(NC(=O)C(N=Nc2ccc(Cl)c(C(=O)Nc3ccccc3C(C)Cl)c2)C(C)=O)c(OC)cc1NC(=O)C(N=Nc1ccc(Cl)c(C(=O)Nc2ccccc2C(C)Cl)c1)C(C)=O. The molecule has 0 radical (unpaired) electrons. The maximum absolute atomic E-state index is 13.5. The zero-order valence-corrected chi connectivity index (χ0v) is 39.1. The third-order valence-corrected chi connectivity index (χ3v) is 10.7. The number of azo groups is 2. The van der Waals surface area contributed by atoms with Gasteiger partial charge in [-0.05, 0) is 87.4 Å². The van der Waals surface area contributed by atoms with Gasteiger partial charge >= 0.3 is 0 Å². The Bertz CT molecular complexity index is 2560. The summed E-state index contributed by atoms with van der Waals surface area (Å²) in [6.07, 6.45) is 0. The molecule has 4 unspecified atom stereocenters. The first-order chi connectivity index (χ1) is 31.4. The quantitative estimate of drug-likeness (QED) is 0.0375. The molecule has 0 fully saturated rings. The highest BCUT2D eigenvalue weighted by molar-refractivity contribution is 6.35. The van der Waals surface area contributed by atoms with Crippen molar-refractivity contribution in [2.75, 3.05) is 35.5 Å². The second kappa shape index (κ2) is 22.9. The Morgan fingerprint density at radius 1 is 0.515 bits per heavy atom. The Labute approximate surface area is 399 Å². The number of methoxy groups -OCH3 is 2. The summed E-state index contributed by atoms with van der Waals surface area (Å²) in [7, 11) is 2.58. The summed E-state index contributed by atoms with van der Waals surface area (Å²) >= 11 is 25.3. The number of amides is 4. The van der Waals surface area contributed by atoms with E-state index in [9.17, 15) is 28.8 Å². The van der Waals surface area contributed by atoms with Crippen LogP contribution in [-0.2, 0) is 19.2 Å². The van der Waals surface area contributed by atoms with Crippen LogP contribution in [0, 0.1) is 0 Å². The van der Waals surface area contributed by atoms with Gasteiger partial charge in [-0.1, -0.05) is 59.6 Å². The van der Waals surface area contributed by atoms with Gasteiger partial charge in [0.2, 0.25) is 12.1 Å². The van der Waals surface area contributed by atoms with Crippen LogP contribution in [0.2, 0.25) is 10.0 Å². The highest BCUT2D eigenvalue weighted by Gasteiger charge is 2.28. The van der Waals surface area contributed by atoms with Gasteiger partial charge in [-0.25, -0.2) is 0 Å². The molecule has 0 aromatic heterocycles. The van der Waals surface area contributed by atoms with Crippen LogP contribution in [0.3, 0.4) is 0 Å². The summed E-state index contributed by atoms with van der Waals surface area (Å²) in [6, 6.07) is 21.8. The number of hydrogen-bond acceptors (Lipinski definition) is 12. The number of benzene rings is 5. The minimum absolute atomic E-state index is 0.00767. The van der Waals surface area contributed by atoms with E-state index in [1.54, 1.807) is 62.4 Å². The Balaban J connectivity index is 1.31. The number of carbonyl (C=O) groups is 6. The van der Waals surface area contributed by atoms with Crippen LogP contribution < -0.4 is 30.7 Å². The first kappa shape index (κ1) is 50.3. The second-order valence-electron chi connectivity index (χ2n) is 14.3. The van der Waals surface area contributed by atoms with Gasteiger partial charge in [0.15, 0.2) is 11.6 Å². The molecule has 0 saturated heterocycles. The van der Waals surface area contributed by atoms with Gasteiger partial charge < -0.3 is 30.7 Å². The Morgan fingerprint density at radius 3 is 1.21 bits per heavy atom. The lowest BCUT2D eigenvalue weighted by Crippen LogP contribution is -2.32. The molecule has 0 aliphatic carbocycles. The molecule has 4 amide bonds. The molecular formula is C46H42Cl4N8O8. The lowest BCUT2D eigenvalue weighted by atomic mass is 10.1. The number of anilines is 4. The molecule has 0 saturated carbocycles. The van der Waals surface area contributed by atoms with E-state index in [0.717, 1.165) is 13.8 Å². The molecule has 4 atom stereocenters. The smallest absolute Gasteiger partial charge is 0.258 e. The van der Waals surface area contributed by atoms with Gasteiger partial charge in [-0.15, -0.1) is 23.2 Å². The molecule has 16 nitrogen and oxygen atoms in total. The van der Waals surface area contributed by atoms with E-state index in [-0.39, 0.29) is 66.2 Å². The van der Waals surface area contributed by atoms with Crippen LogP contribution in [0.5, 0.6) is 11.5 Å². The third kappa shape index (κ3) is 12.8. The van der Waals surface area contributed by atoms with Crippen molar-refractivity contribution in [1.82, 2.24) is 0 Å². The number of ether oxygens (including phenoxy) is 2. The summed E-state index contributed by atoms with van der Waals surface area (Å²) in [5.41, 5.74) is 2.72. The van der Waals surface area contributed by atoms with E-state index in [0.29, 0.717) is 22.5 Å². The first-order valence-corrected chi connectivity index (χ1v) is 21.4. The monoisotopic (exact) mass is 974 g/mol. The molecule has 0 heterocycles. The van der Waals surface area contributed by atoms with Crippen LogP contribution in [0.15, 0.2) is 118 Å². The number of halogens is 4. The minimum Gasteiger partial charge on any atom is -0.494 e. The zero-order valence-electron chi connectivity index (χ0n) is 36.1. The van der Waals surface area contributed by atoms with Gasteiger partial charge in [0.05, 0.1) is 68.9 Å². The van der Waals surface area contributed by atoms with Crippen molar-refractivity contribution in [3.05, 3.63) is 129 Å². The summed E-state index contributed by atoms with van der Waals surface area (Å²) < 4.78 is 11.0. The number of carbonyl (C=O) groups excluding carboxylic acids is 6. The molecule has 0 aliphatic heterocycles. The summed E-state index contributed by atoms with van der Waals surface area (Å²) in [6.45, 7) is 5.82. The normalized spacial score (nSPS) is 13.0.